The maximum absolute atomic E-state index is 5.36. The topological polar surface area (TPSA) is 47.3 Å². The van der Waals surface area contributed by atoms with Crippen LogP contribution in [0.3, 0.4) is 0 Å². The van der Waals surface area contributed by atoms with Gasteiger partial charge in [-0.1, -0.05) is 0 Å². The zero-order valence-electron chi connectivity index (χ0n) is 5.60. The zero-order chi connectivity index (χ0) is 6.53. The van der Waals surface area contributed by atoms with Gasteiger partial charge in [0.15, 0.2) is 0 Å². The highest BCUT2D eigenvalue weighted by Gasteiger charge is 2.13. The number of rotatable bonds is 3. The Morgan fingerprint density at radius 2 is 2.56 bits per heavy atom. The highest BCUT2D eigenvalue weighted by atomic mass is 16.5. The lowest BCUT2D eigenvalue weighted by Crippen LogP contribution is -2.20. The summed E-state index contributed by atoms with van der Waals surface area (Å²) in [6, 6.07) is 0. The van der Waals surface area contributed by atoms with Crippen molar-refractivity contribution in [2.75, 3.05) is 26.2 Å². The molecule has 0 aromatic carbocycles. The molecule has 9 heavy (non-hydrogen) atoms. The average molecular weight is 130 g/mol. The number of nitrogens with one attached hydrogen (secondary N) is 1. The van der Waals surface area contributed by atoms with Crippen molar-refractivity contribution in [2.45, 2.75) is 12.5 Å². The average Bonchev–Trinajstić information content (AvgIpc) is 2.34. The van der Waals surface area contributed by atoms with E-state index in [1.807, 2.05) is 0 Å². The van der Waals surface area contributed by atoms with Crippen molar-refractivity contribution in [3.05, 3.63) is 0 Å². The van der Waals surface area contributed by atoms with Crippen molar-refractivity contribution in [1.29, 1.82) is 0 Å². The van der Waals surface area contributed by atoms with Crippen molar-refractivity contribution in [3.63, 3.8) is 0 Å². The summed E-state index contributed by atoms with van der Waals surface area (Å²) in [6.45, 7) is 3.43. The Morgan fingerprint density at radius 3 is 3.11 bits per heavy atom. The molecular formula is C6H14N2O. The fourth-order valence-corrected chi connectivity index (χ4v) is 1.01. The lowest BCUT2D eigenvalue weighted by Gasteiger charge is -2.07. The van der Waals surface area contributed by atoms with Gasteiger partial charge in [-0.3, -0.25) is 0 Å². The molecule has 0 spiro atoms. The first-order valence-corrected chi connectivity index (χ1v) is 3.46. The number of ether oxygens (including phenoxy) is 1. The minimum absolute atomic E-state index is 0.425. The Hall–Kier alpha value is -0.120. The fourth-order valence-electron chi connectivity index (χ4n) is 1.01. The van der Waals surface area contributed by atoms with Crippen molar-refractivity contribution in [2.24, 2.45) is 5.73 Å². The Morgan fingerprint density at radius 1 is 1.67 bits per heavy atom. The van der Waals surface area contributed by atoms with Gasteiger partial charge in [-0.2, -0.15) is 0 Å². The highest BCUT2D eigenvalue weighted by Crippen LogP contribution is 2.01. The summed E-state index contributed by atoms with van der Waals surface area (Å²) in [5.74, 6) is 0. The molecule has 0 aromatic rings. The van der Waals surface area contributed by atoms with E-state index in [2.05, 4.69) is 5.32 Å². The maximum Gasteiger partial charge on any atom is 0.0712 e. The molecule has 3 nitrogen and oxygen atoms in total. The Bertz CT molecular complexity index is 71.5. The van der Waals surface area contributed by atoms with E-state index in [-0.39, 0.29) is 0 Å². The van der Waals surface area contributed by atoms with Gasteiger partial charge in [-0.05, 0) is 13.0 Å². The Balaban J connectivity index is 1.98. The number of hydrogen-bond donors (Lipinski definition) is 2. The fraction of sp³-hybridized carbons (Fsp3) is 1.00. The molecule has 1 heterocycles. The predicted octanol–water partition coefficient (Wildman–Crippen LogP) is -0.676. The molecule has 54 valence electrons. The molecule has 1 fully saturated rings. The molecular weight excluding hydrogens is 116 g/mol. The summed E-state index contributed by atoms with van der Waals surface area (Å²) in [7, 11) is 0. The van der Waals surface area contributed by atoms with Crippen LogP contribution >= 0.6 is 0 Å². The Kier molecular flexibility index (Phi) is 2.97. The van der Waals surface area contributed by atoms with E-state index in [1.165, 1.54) is 0 Å². The van der Waals surface area contributed by atoms with Gasteiger partial charge in [-0.15, -0.1) is 0 Å². The molecule has 0 unspecified atom stereocenters. The monoisotopic (exact) mass is 130 g/mol. The van der Waals surface area contributed by atoms with Gasteiger partial charge in [-0.25, -0.2) is 0 Å². The van der Waals surface area contributed by atoms with Crippen molar-refractivity contribution < 1.29 is 4.74 Å². The van der Waals surface area contributed by atoms with Crippen LogP contribution in [0.1, 0.15) is 6.42 Å². The van der Waals surface area contributed by atoms with E-state index >= 15 is 0 Å². The molecule has 0 amide bonds. The molecule has 3 heteroatoms. The summed E-state index contributed by atoms with van der Waals surface area (Å²) in [6.07, 6.45) is 1.56. The van der Waals surface area contributed by atoms with Gasteiger partial charge in [0.05, 0.1) is 12.7 Å². The number of hydrogen-bond acceptors (Lipinski definition) is 3. The van der Waals surface area contributed by atoms with Crippen LogP contribution in [0.5, 0.6) is 0 Å². The molecule has 3 N–H and O–H groups in total. The highest BCUT2D eigenvalue weighted by molar-refractivity contribution is 4.70. The van der Waals surface area contributed by atoms with Crippen molar-refractivity contribution >= 4 is 0 Å². The second-order valence-electron chi connectivity index (χ2n) is 2.27. The smallest absolute Gasteiger partial charge is 0.0712 e. The molecule has 1 rings (SSSR count). The molecule has 0 aromatic heterocycles. The van der Waals surface area contributed by atoms with Crippen LogP contribution in [-0.2, 0) is 4.74 Å². The first-order chi connectivity index (χ1) is 4.43. The molecule has 0 saturated carbocycles. The third kappa shape index (κ3) is 2.30. The third-order valence-corrected chi connectivity index (χ3v) is 1.49. The molecule has 1 saturated heterocycles. The van der Waals surface area contributed by atoms with Gasteiger partial charge in [0.1, 0.15) is 0 Å². The first kappa shape index (κ1) is 6.99. The van der Waals surface area contributed by atoms with Gasteiger partial charge in [0, 0.05) is 13.1 Å². The van der Waals surface area contributed by atoms with Crippen LogP contribution in [0.25, 0.3) is 0 Å². The normalized spacial score (nSPS) is 27.0. The quantitative estimate of drug-likeness (QED) is 0.532. The molecule has 1 atom stereocenters. The van der Waals surface area contributed by atoms with Crippen molar-refractivity contribution in [3.8, 4) is 0 Å². The van der Waals surface area contributed by atoms with E-state index in [9.17, 15) is 0 Å². The second kappa shape index (κ2) is 3.82. The van der Waals surface area contributed by atoms with E-state index in [0.717, 1.165) is 19.5 Å². The van der Waals surface area contributed by atoms with Gasteiger partial charge in [0.2, 0.25) is 0 Å². The van der Waals surface area contributed by atoms with Crippen LogP contribution in [0.15, 0.2) is 0 Å². The van der Waals surface area contributed by atoms with E-state index in [0.29, 0.717) is 19.3 Å². The minimum Gasteiger partial charge on any atom is -0.376 e. The van der Waals surface area contributed by atoms with Gasteiger partial charge >= 0.3 is 0 Å². The molecule has 0 aliphatic carbocycles. The van der Waals surface area contributed by atoms with E-state index in [1.54, 1.807) is 0 Å². The lowest BCUT2D eigenvalue weighted by atomic mass is 10.3. The molecule has 0 bridgehead atoms. The molecule has 0 radical (unpaired) electrons. The van der Waals surface area contributed by atoms with E-state index in [4.69, 9.17) is 10.5 Å². The van der Waals surface area contributed by atoms with Crippen molar-refractivity contribution in [1.82, 2.24) is 5.32 Å². The standard InChI is InChI=1S/C6H14N2O/c7-2-4-9-6-1-3-8-5-6/h6,8H,1-5,7H2/t6-/m0/s1. The summed E-state index contributed by atoms with van der Waals surface area (Å²) in [5.41, 5.74) is 5.26. The lowest BCUT2D eigenvalue weighted by molar-refractivity contribution is 0.0730. The minimum atomic E-state index is 0.425. The van der Waals surface area contributed by atoms with Crippen LogP contribution in [0, 0.1) is 0 Å². The van der Waals surface area contributed by atoms with Crippen LogP contribution in [0.2, 0.25) is 0 Å². The first-order valence-electron chi connectivity index (χ1n) is 3.46. The summed E-state index contributed by atoms with van der Waals surface area (Å²) in [4.78, 5) is 0. The molecule has 1 aliphatic rings. The van der Waals surface area contributed by atoms with Crippen LogP contribution < -0.4 is 11.1 Å². The zero-order valence-corrected chi connectivity index (χ0v) is 5.60. The SMILES string of the molecule is NCCO[C@H]1CCNC1. The molecule has 1 aliphatic heterocycles. The maximum atomic E-state index is 5.36. The van der Waals surface area contributed by atoms with Gasteiger partial charge < -0.3 is 15.8 Å². The van der Waals surface area contributed by atoms with Crippen LogP contribution in [-0.4, -0.2) is 32.3 Å². The Labute approximate surface area is 55.6 Å². The largest absolute Gasteiger partial charge is 0.376 e. The summed E-state index contributed by atoms with van der Waals surface area (Å²) in [5, 5.41) is 3.22. The number of nitrogens with two attached hydrogens (primary N) is 1. The predicted molar refractivity (Wildman–Crippen MR) is 36.3 cm³/mol. The summed E-state index contributed by atoms with van der Waals surface area (Å²) < 4.78 is 5.36. The summed E-state index contributed by atoms with van der Waals surface area (Å²) >= 11 is 0. The third-order valence-electron chi connectivity index (χ3n) is 1.49. The van der Waals surface area contributed by atoms with E-state index < -0.39 is 0 Å². The van der Waals surface area contributed by atoms with Gasteiger partial charge in [0.25, 0.3) is 0 Å². The second-order valence-corrected chi connectivity index (χ2v) is 2.27. The van der Waals surface area contributed by atoms with Crippen LogP contribution in [0.4, 0.5) is 0 Å².